The molecule has 0 aromatic heterocycles. The highest BCUT2D eigenvalue weighted by atomic mass is 33.1. The van der Waals surface area contributed by atoms with Crippen molar-refractivity contribution in [2.24, 2.45) is 0 Å². The predicted molar refractivity (Wildman–Crippen MR) is 286 cm³/mol. The summed E-state index contributed by atoms with van der Waals surface area (Å²) < 4.78 is 18.7. The summed E-state index contributed by atoms with van der Waals surface area (Å²) in [5, 5.41) is 23.3. The lowest BCUT2D eigenvalue weighted by atomic mass is 9.96. The van der Waals surface area contributed by atoms with Crippen molar-refractivity contribution < 1.29 is 43.6 Å². The molecule has 12 nitrogen and oxygen atoms in total. The maximum absolute atomic E-state index is 14.2. The molecule has 0 saturated carbocycles. The fraction of sp³-hybridized carbons (Fsp3) is 0.414. The fourth-order valence-corrected chi connectivity index (χ4v) is 13.1. The van der Waals surface area contributed by atoms with E-state index in [9.17, 15) is 29.4 Å². The summed E-state index contributed by atoms with van der Waals surface area (Å²) in [6, 6.07) is 27.9. The molecule has 9 rings (SSSR count). The van der Waals surface area contributed by atoms with Crippen LogP contribution < -0.4 is 28.9 Å². The normalized spacial score (nSPS) is 19.2. The SMILES string of the molecule is CCC(=O)CCC(C)SSC(C)(C)CCC(=O)N(C)c1cc(COc2cc3c(cc2C)C(=O)N2c4ccccc4C[C@H]2C(O)C3)cc(COc2cc3c(cc2OC)C(=O)N2c4ccccc4C[C@H]2C(O)C3)c1. The molecule has 2 N–H and O–H groups in total. The van der Waals surface area contributed by atoms with Gasteiger partial charge < -0.3 is 39.1 Å². The number of hydrogen-bond donors (Lipinski definition) is 2. The predicted octanol–water partition coefficient (Wildman–Crippen LogP) is 10.2. The lowest BCUT2D eigenvalue weighted by Gasteiger charge is -2.26. The summed E-state index contributed by atoms with van der Waals surface area (Å²) in [6.45, 7) is 10.5. The maximum Gasteiger partial charge on any atom is 0.259 e. The van der Waals surface area contributed by atoms with E-state index in [0.717, 1.165) is 51.2 Å². The van der Waals surface area contributed by atoms with Crippen LogP contribution in [-0.2, 0) is 48.5 Å². The Kier molecular flexibility index (Phi) is 15.2. The van der Waals surface area contributed by atoms with Gasteiger partial charge in [-0.2, -0.15) is 0 Å². The number of aliphatic hydroxyl groups excluding tert-OH is 2. The molecule has 0 spiro atoms. The quantitative estimate of drug-likeness (QED) is 0.0809. The Morgan fingerprint density at radius 3 is 1.85 bits per heavy atom. The third kappa shape index (κ3) is 10.6. The van der Waals surface area contributed by atoms with E-state index in [4.69, 9.17) is 14.2 Å². The second-order valence-corrected chi connectivity index (χ2v) is 23.7. The molecule has 3 unspecified atom stereocenters. The number of fused-ring (bicyclic) bond motifs is 8. The van der Waals surface area contributed by atoms with Crippen LogP contribution in [0.2, 0.25) is 0 Å². The van der Waals surface area contributed by atoms with Gasteiger partial charge in [0.2, 0.25) is 5.91 Å². The number of hydrogen-bond acceptors (Lipinski definition) is 11. The summed E-state index contributed by atoms with van der Waals surface area (Å²) >= 11 is 0. The number of nitrogens with zero attached hydrogens (tertiary/aromatic N) is 3. The van der Waals surface area contributed by atoms with Crippen LogP contribution in [0.3, 0.4) is 0 Å². The van der Waals surface area contributed by atoms with Gasteiger partial charge in [-0.3, -0.25) is 19.2 Å². The van der Waals surface area contributed by atoms with E-state index in [1.54, 1.807) is 55.5 Å². The van der Waals surface area contributed by atoms with Crippen LogP contribution in [0.1, 0.15) is 119 Å². The highest BCUT2D eigenvalue weighted by Gasteiger charge is 2.43. The second-order valence-electron chi connectivity index (χ2n) is 20.3. The molecular weight excluding hydrogens is 947 g/mol. The molecule has 0 aliphatic carbocycles. The number of rotatable bonds is 18. The summed E-state index contributed by atoms with van der Waals surface area (Å²) in [5.74, 6) is 1.28. The van der Waals surface area contributed by atoms with Crippen LogP contribution in [-0.4, -0.2) is 82.2 Å². The van der Waals surface area contributed by atoms with E-state index in [-0.39, 0.29) is 60.0 Å². The minimum absolute atomic E-state index is 0.0491. The second kappa shape index (κ2) is 21.3. The number of ether oxygens (including phenoxy) is 3. The molecule has 0 fully saturated rings. The topological polar surface area (TPSA) is 146 Å². The third-order valence-corrected chi connectivity index (χ3v) is 18.6. The molecule has 5 aromatic carbocycles. The Labute approximate surface area is 430 Å². The monoisotopic (exact) mass is 1010 g/mol. The average Bonchev–Trinajstić information content (AvgIpc) is 3.92. The van der Waals surface area contributed by atoms with Gasteiger partial charge in [0.15, 0.2) is 11.5 Å². The zero-order valence-corrected chi connectivity index (χ0v) is 43.9. The molecule has 5 aromatic rings. The highest BCUT2D eigenvalue weighted by Crippen LogP contribution is 2.44. The maximum atomic E-state index is 14.2. The minimum Gasteiger partial charge on any atom is -0.493 e. The van der Waals surface area contributed by atoms with Gasteiger partial charge in [-0.1, -0.05) is 71.8 Å². The van der Waals surface area contributed by atoms with E-state index in [1.165, 1.54) is 7.11 Å². The summed E-state index contributed by atoms with van der Waals surface area (Å²) in [4.78, 5) is 59.5. The van der Waals surface area contributed by atoms with Gasteiger partial charge in [0, 0.05) is 77.3 Å². The van der Waals surface area contributed by atoms with E-state index in [2.05, 4.69) is 20.8 Å². The molecule has 4 heterocycles. The lowest BCUT2D eigenvalue weighted by Crippen LogP contribution is -2.43. The molecule has 72 heavy (non-hydrogen) atoms. The number of anilines is 3. The standard InChI is InChI=1S/C58H65N3O9S2/c1-8-43(62)18-17-35(3)71-72-58(4,5)20-19-55(65)59(6)42-23-36(32-69-52-29-40-27-50(63)48-25-38-13-9-11-15-46(38)60(48)56(66)44(40)21-34(52)2)22-37(24-42)33-70-54-30-41-28-51(64)49-26-39-14-10-12-16-47(39)61(49)57(67)45(41)31-53(54)68-7/h9-16,21-24,29-31,35,48-51,63-64H,8,17-20,25-28,32-33H2,1-7H3/t35?,48-,49-,50?,51?/m0/s1. The minimum atomic E-state index is -0.797. The summed E-state index contributed by atoms with van der Waals surface area (Å²) in [7, 11) is 6.84. The van der Waals surface area contributed by atoms with Crippen molar-refractivity contribution in [1.29, 1.82) is 0 Å². The van der Waals surface area contributed by atoms with Crippen molar-refractivity contribution in [2.75, 3.05) is 28.9 Å². The van der Waals surface area contributed by atoms with Gasteiger partial charge in [0.25, 0.3) is 11.8 Å². The molecule has 3 amide bonds. The molecule has 14 heteroatoms. The highest BCUT2D eigenvalue weighted by molar-refractivity contribution is 8.77. The molecule has 5 atom stereocenters. The van der Waals surface area contributed by atoms with Gasteiger partial charge in [-0.25, -0.2) is 0 Å². The molecule has 4 aliphatic rings. The summed E-state index contributed by atoms with van der Waals surface area (Å²) in [6.07, 6.45) is 3.09. The molecule has 0 bridgehead atoms. The van der Waals surface area contributed by atoms with Crippen molar-refractivity contribution in [3.8, 4) is 17.2 Å². The van der Waals surface area contributed by atoms with Crippen molar-refractivity contribution in [1.82, 2.24) is 0 Å². The Balaban J connectivity index is 0.956. The van der Waals surface area contributed by atoms with E-state index >= 15 is 0 Å². The Morgan fingerprint density at radius 2 is 1.28 bits per heavy atom. The van der Waals surface area contributed by atoms with E-state index < -0.39 is 12.2 Å². The largest absolute Gasteiger partial charge is 0.493 e. The number of para-hydroxylation sites is 2. The van der Waals surface area contributed by atoms with Crippen LogP contribution in [0.5, 0.6) is 17.2 Å². The Bertz CT molecular complexity index is 2900. The van der Waals surface area contributed by atoms with Gasteiger partial charge in [0.1, 0.15) is 24.7 Å². The molecule has 0 saturated heterocycles. The first kappa shape index (κ1) is 51.1. The number of Topliss-reactive ketones (excluding diaryl/α,β-unsaturated/α-hetero) is 1. The number of carbonyl (C=O) groups excluding carboxylic acids is 4. The number of ketones is 1. The number of aryl methyl sites for hydroxylation is 1. The Morgan fingerprint density at radius 1 is 0.736 bits per heavy atom. The molecular formula is C58H65N3O9S2. The van der Waals surface area contributed by atoms with Crippen LogP contribution in [0.15, 0.2) is 91.0 Å². The van der Waals surface area contributed by atoms with Crippen molar-refractivity contribution in [3.05, 3.63) is 141 Å². The number of methoxy groups -OCH3 is 1. The van der Waals surface area contributed by atoms with Gasteiger partial charge in [0.05, 0.1) is 31.4 Å². The molecule has 378 valence electrons. The lowest BCUT2D eigenvalue weighted by molar-refractivity contribution is -0.119. The molecule has 4 aliphatic heterocycles. The van der Waals surface area contributed by atoms with Gasteiger partial charge >= 0.3 is 0 Å². The van der Waals surface area contributed by atoms with Crippen LogP contribution in [0, 0.1) is 6.92 Å². The first-order valence-electron chi connectivity index (χ1n) is 25.1. The number of aliphatic hydroxyl groups is 2. The number of carbonyl (C=O) groups is 4. The fourth-order valence-electron chi connectivity index (χ4n) is 10.4. The van der Waals surface area contributed by atoms with Crippen molar-refractivity contribution >= 4 is 62.2 Å². The van der Waals surface area contributed by atoms with Gasteiger partial charge in [-0.15, -0.1) is 0 Å². The van der Waals surface area contributed by atoms with E-state index in [0.29, 0.717) is 89.8 Å². The zero-order valence-electron chi connectivity index (χ0n) is 42.2. The smallest absolute Gasteiger partial charge is 0.259 e. The number of amides is 3. The Hall–Kier alpha value is -5.80. The summed E-state index contributed by atoms with van der Waals surface area (Å²) in [5.41, 5.74) is 9.09. The average molecular weight is 1010 g/mol. The van der Waals surface area contributed by atoms with Crippen molar-refractivity contribution in [3.63, 3.8) is 0 Å². The third-order valence-electron chi connectivity index (χ3n) is 14.6. The zero-order chi connectivity index (χ0) is 51.0. The van der Waals surface area contributed by atoms with Crippen molar-refractivity contribution in [2.45, 2.75) is 140 Å². The molecule has 0 radical (unpaired) electrons. The van der Waals surface area contributed by atoms with E-state index in [1.807, 2.05) is 92.7 Å². The first-order chi connectivity index (χ1) is 34.5. The number of benzene rings is 5. The van der Waals surface area contributed by atoms with Gasteiger partial charge in [-0.05, 0) is 140 Å². The van der Waals surface area contributed by atoms with Crippen LogP contribution >= 0.6 is 21.6 Å². The van der Waals surface area contributed by atoms with Crippen LogP contribution in [0.4, 0.5) is 17.1 Å². The first-order valence-corrected chi connectivity index (χ1v) is 27.3. The van der Waals surface area contributed by atoms with Crippen LogP contribution in [0.25, 0.3) is 0 Å².